The maximum Gasteiger partial charge on any atom is 0.242 e. The molecule has 0 aromatic heterocycles. The van der Waals surface area contributed by atoms with Gasteiger partial charge in [-0.3, -0.25) is 4.79 Å². The van der Waals surface area contributed by atoms with Crippen LogP contribution in [0.2, 0.25) is 0 Å². The van der Waals surface area contributed by atoms with Gasteiger partial charge in [0, 0.05) is 19.0 Å². The summed E-state index contributed by atoms with van der Waals surface area (Å²) in [4.78, 5) is 14.7. The number of ether oxygens (including phenoxy) is 1. The number of carbonyl (C=O) groups excluding carboxylic acids is 1. The Kier molecular flexibility index (Phi) is 5.34. The van der Waals surface area contributed by atoms with Crippen LogP contribution >= 0.6 is 0 Å². The maximum atomic E-state index is 12.7. The first-order valence-corrected chi connectivity index (χ1v) is 8.87. The minimum atomic E-state index is -0.599. The summed E-state index contributed by atoms with van der Waals surface area (Å²) in [5, 5.41) is 0. The van der Waals surface area contributed by atoms with Crippen LogP contribution < -0.4 is 5.73 Å². The number of benzene rings is 1. The fourth-order valence-electron chi connectivity index (χ4n) is 3.78. The molecule has 1 aromatic rings. The first-order chi connectivity index (χ1) is 11.2. The van der Waals surface area contributed by atoms with Crippen molar-refractivity contribution in [3.63, 3.8) is 0 Å². The molecule has 0 radical (unpaired) electrons. The summed E-state index contributed by atoms with van der Waals surface area (Å²) < 4.78 is 5.83. The van der Waals surface area contributed by atoms with Crippen LogP contribution in [0.1, 0.15) is 44.1 Å². The van der Waals surface area contributed by atoms with Crippen LogP contribution in [0.15, 0.2) is 30.3 Å². The number of hydrogen-bond donors (Lipinski definition) is 1. The average Bonchev–Trinajstić information content (AvgIpc) is 3.04. The number of nitrogens with zero attached hydrogens (tertiary/aromatic N) is 1. The van der Waals surface area contributed by atoms with Gasteiger partial charge in [-0.1, -0.05) is 49.6 Å². The van der Waals surface area contributed by atoms with Crippen LogP contribution in [0.25, 0.3) is 0 Å². The fourth-order valence-corrected chi connectivity index (χ4v) is 3.78. The summed E-state index contributed by atoms with van der Waals surface area (Å²) in [6.45, 7) is 2.99. The van der Waals surface area contributed by atoms with Gasteiger partial charge in [0.25, 0.3) is 0 Å². The van der Waals surface area contributed by atoms with Crippen molar-refractivity contribution >= 4 is 5.91 Å². The van der Waals surface area contributed by atoms with Crippen LogP contribution in [0.4, 0.5) is 0 Å². The van der Waals surface area contributed by atoms with E-state index in [0.717, 1.165) is 51.8 Å². The van der Waals surface area contributed by atoms with Crippen molar-refractivity contribution in [1.29, 1.82) is 0 Å². The normalized spacial score (nSPS) is 23.9. The molecule has 1 aromatic carbocycles. The molecule has 1 aliphatic carbocycles. The molecule has 0 bridgehead atoms. The lowest BCUT2D eigenvalue weighted by atomic mass is 9.81. The highest BCUT2D eigenvalue weighted by Crippen LogP contribution is 2.29. The molecule has 4 heteroatoms. The Morgan fingerprint density at radius 1 is 1.22 bits per heavy atom. The average molecular weight is 316 g/mol. The molecule has 1 saturated carbocycles. The molecule has 4 nitrogen and oxygen atoms in total. The van der Waals surface area contributed by atoms with Gasteiger partial charge in [0.2, 0.25) is 5.91 Å². The zero-order chi connectivity index (χ0) is 16.1. The summed E-state index contributed by atoms with van der Waals surface area (Å²) in [6.07, 6.45) is 6.09. The van der Waals surface area contributed by atoms with Gasteiger partial charge in [0.15, 0.2) is 0 Å². The van der Waals surface area contributed by atoms with Crippen molar-refractivity contribution < 1.29 is 9.53 Å². The molecule has 1 unspecified atom stereocenters. The lowest BCUT2D eigenvalue weighted by Gasteiger charge is -2.35. The molecular weight excluding hydrogens is 288 g/mol. The lowest BCUT2D eigenvalue weighted by Crippen LogP contribution is -2.55. The molecule has 2 aliphatic rings. The third kappa shape index (κ3) is 4.12. The van der Waals surface area contributed by atoms with E-state index in [1.807, 2.05) is 23.1 Å². The topological polar surface area (TPSA) is 55.6 Å². The van der Waals surface area contributed by atoms with Crippen LogP contribution in [0, 0.1) is 5.92 Å². The van der Waals surface area contributed by atoms with Gasteiger partial charge in [-0.15, -0.1) is 0 Å². The first-order valence-electron chi connectivity index (χ1n) is 8.87. The minimum absolute atomic E-state index is 0.169. The maximum absolute atomic E-state index is 12.7. The van der Waals surface area contributed by atoms with E-state index >= 15 is 0 Å². The van der Waals surface area contributed by atoms with Gasteiger partial charge in [-0.05, 0) is 24.8 Å². The minimum Gasteiger partial charge on any atom is -0.376 e. The summed E-state index contributed by atoms with van der Waals surface area (Å²) in [7, 11) is 0. The molecule has 2 N–H and O–H groups in total. The second kappa shape index (κ2) is 7.45. The molecule has 1 saturated heterocycles. The summed E-state index contributed by atoms with van der Waals surface area (Å²) in [5.74, 6) is 0.609. The fraction of sp³-hybridized carbons (Fsp3) is 0.632. The van der Waals surface area contributed by atoms with E-state index < -0.39 is 5.54 Å². The molecule has 0 spiro atoms. The van der Waals surface area contributed by atoms with E-state index in [1.54, 1.807) is 0 Å². The van der Waals surface area contributed by atoms with Gasteiger partial charge < -0.3 is 15.4 Å². The van der Waals surface area contributed by atoms with Gasteiger partial charge in [0.1, 0.15) is 0 Å². The van der Waals surface area contributed by atoms with E-state index in [4.69, 9.17) is 10.5 Å². The van der Waals surface area contributed by atoms with Crippen molar-refractivity contribution in [3.05, 3.63) is 35.9 Å². The van der Waals surface area contributed by atoms with Crippen molar-refractivity contribution in [2.75, 3.05) is 19.7 Å². The van der Waals surface area contributed by atoms with Crippen LogP contribution in [-0.2, 0) is 16.1 Å². The highest BCUT2D eigenvalue weighted by atomic mass is 16.5. The van der Waals surface area contributed by atoms with Crippen LogP contribution in [-0.4, -0.2) is 36.0 Å². The van der Waals surface area contributed by atoms with E-state index in [0.29, 0.717) is 12.5 Å². The molecule has 1 aliphatic heterocycles. The van der Waals surface area contributed by atoms with Crippen molar-refractivity contribution in [1.82, 2.24) is 4.90 Å². The second-order valence-corrected chi connectivity index (χ2v) is 7.12. The number of nitrogens with two attached hydrogens (primary N) is 1. The highest BCUT2D eigenvalue weighted by molar-refractivity contribution is 5.86. The van der Waals surface area contributed by atoms with Gasteiger partial charge in [-0.25, -0.2) is 0 Å². The first kappa shape index (κ1) is 16.5. The number of likely N-dealkylation sites (tertiary alicyclic amines) is 1. The second-order valence-electron chi connectivity index (χ2n) is 7.12. The van der Waals surface area contributed by atoms with E-state index in [1.165, 1.54) is 12.0 Å². The number of rotatable bonds is 5. The lowest BCUT2D eigenvalue weighted by molar-refractivity contribution is -0.137. The van der Waals surface area contributed by atoms with E-state index in [2.05, 4.69) is 12.1 Å². The van der Waals surface area contributed by atoms with E-state index in [9.17, 15) is 4.79 Å². The standard InChI is InChI=1S/C19H28N2O2/c20-19(10-5-2-6-11-19)18(22)21-12-9-17(13-21)15-23-14-16-7-3-1-4-8-16/h1,3-4,7-8,17H,2,5-6,9-15,20H2. The Morgan fingerprint density at radius 3 is 2.70 bits per heavy atom. The summed E-state index contributed by atoms with van der Waals surface area (Å²) >= 11 is 0. The van der Waals surface area contributed by atoms with Gasteiger partial charge in [-0.2, -0.15) is 0 Å². The molecule has 1 heterocycles. The Labute approximate surface area is 139 Å². The third-order valence-electron chi connectivity index (χ3n) is 5.21. The molecule has 126 valence electrons. The third-order valence-corrected chi connectivity index (χ3v) is 5.21. The smallest absolute Gasteiger partial charge is 0.242 e. The zero-order valence-corrected chi connectivity index (χ0v) is 13.9. The predicted molar refractivity (Wildman–Crippen MR) is 90.8 cm³/mol. The van der Waals surface area contributed by atoms with Crippen molar-refractivity contribution in [3.8, 4) is 0 Å². The monoisotopic (exact) mass is 316 g/mol. The quantitative estimate of drug-likeness (QED) is 0.909. The predicted octanol–water partition coefficient (Wildman–Crippen LogP) is 2.71. The summed E-state index contributed by atoms with van der Waals surface area (Å²) in [6, 6.07) is 10.2. The Balaban J connectivity index is 1.44. The number of amides is 1. The van der Waals surface area contributed by atoms with Crippen molar-refractivity contribution in [2.24, 2.45) is 11.7 Å². The zero-order valence-electron chi connectivity index (χ0n) is 13.9. The highest BCUT2D eigenvalue weighted by Gasteiger charge is 2.40. The summed E-state index contributed by atoms with van der Waals surface area (Å²) in [5.41, 5.74) is 6.98. The SMILES string of the molecule is NC1(C(=O)N2CCC(COCc3ccccc3)C2)CCCCC1. The number of carbonyl (C=O) groups is 1. The largest absolute Gasteiger partial charge is 0.376 e. The Hall–Kier alpha value is -1.39. The molecule has 23 heavy (non-hydrogen) atoms. The Bertz CT molecular complexity index is 511. The van der Waals surface area contributed by atoms with Gasteiger partial charge >= 0.3 is 0 Å². The van der Waals surface area contributed by atoms with Crippen LogP contribution in [0.5, 0.6) is 0 Å². The van der Waals surface area contributed by atoms with Gasteiger partial charge in [0.05, 0.1) is 18.8 Å². The molecule has 1 amide bonds. The van der Waals surface area contributed by atoms with E-state index in [-0.39, 0.29) is 5.91 Å². The van der Waals surface area contributed by atoms with Crippen LogP contribution in [0.3, 0.4) is 0 Å². The number of hydrogen-bond acceptors (Lipinski definition) is 3. The molecule has 1 atom stereocenters. The molecular formula is C19H28N2O2. The Morgan fingerprint density at radius 2 is 1.96 bits per heavy atom. The molecule has 2 fully saturated rings. The van der Waals surface area contributed by atoms with Crippen molar-refractivity contribution in [2.45, 2.75) is 50.7 Å². The molecule has 3 rings (SSSR count).